The number of carbonyl (C=O) groups is 2. The number of quaternary nitrogens is 1. The van der Waals surface area contributed by atoms with Crippen molar-refractivity contribution in [3.05, 3.63) is 28.2 Å². The number of hydrogen-bond acceptors (Lipinski definition) is 2. The third kappa shape index (κ3) is 6.73. The van der Waals surface area contributed by atoms with Gasteiger partial charge in [0.2, 0.25) is 0 Å². The second kappa shape index (κ2) is 8.14. The van der Waals surface area contributed by atoms with Crippen LogP contribution in [-0.2, 0) is 9.59 Å². The predicted octanol–water partition coefficient (Wildman–Crippen LogP) is 0.735. The van der Waals surface area contributed by atoms with E-state index in [1.807, 2.05) is 46.0 Å². The zero-order valence-electron chi connectivity index (χ0n) is 12.9. The Balaban J connectivity index is 2.45. The molecule has 5 nitrogen and oxygen atoms in total. The molecule has 0 aliphatic rings. The molecule has 0 heterocycles. The molecule has 0 saturated carbocycles. The van der Waals surface area contributed by atoms with Crippen LogP contribution < -0.4 is 15.5 Å². The summed E-state index contributed by atoms with van der Waals surface area (Å²) in [5.41, 5.74) is 1.82. The number of carbonyl (C=O) groups excluding carboxylic acids is 2. The molecular weight excluding hydrogens is 334 g/mol. The lowest BCUT2D eigenvalue weighted by molar-refractivity contribution is -0.862. The highest BCUT2D eigenvalue weighted by Gasteiger charge is 2.14. The third-order valence-corrected chi connectivity index (χ3v) is 3.71. The van der Waals surface area contributed by atoms with Gasteiger partial charge in [-0.05, 0) is 44.5 Å². The van der Waals surface area contributed by atoms with Crippen LogP contribution >= 0.6 is 15.9 Å². The minimum atomic E-state index is -0.105. The van der Waals surface area contributed by atoms with Crippen LogP contribution in [0.15, 0.2) is 22.7 Å². The van der Waals surface area contributed by atoms with Crippen molar-refractivity contribution in [3.63, 3.8) is 0 Å². The van der Waals surface area contributed by atoms with E-state index in [4.69, 9.17) is 0 Å². The standard InChI is InChI=1S/C15H22BrN3O2/c1-10(2)17-14(20)8-19(4)9-15(21)18-12-5-6-13(16)11(3)7-12/h5-7,10H,8-9H2,1-4H3,(H,17,20)(H,18,21)/p+1. The Morgan fingerprint density at radius 1 is 1.24 bits per heavy atom. The van der Waals surface area contributed by atoms with Crippen LogP contribution in [0.3, 0.4) is 0 Å². The van der Waals surface area contributed by atoms with Gasteiger partial charge in [0.05, 0.1) is 7.05 Å². The van der Waals surface area contributed by atoms with E-state index in [1.165, 1.54) is 0 Å². The molecule has 1 unspecified atom stereocenters. The second-order valence-corrected chi connectivity index (χ2v) is 6.40. The van der Waals surface area contributed by atoms with E-state index >= 15 is 0 Å². The highest BCUT2D eigenvalue weighted by molar-refractivity contribution is 9.10. The minimum absolute atomic E-state index is 0.0465. The second-order valence-electron chi connectivity index (χ2n) is 5.55. The molecule has 0 aromatic heterocycles. The Hall–Kier alpha value is -1.40. The van der Waals surface area contributed by atoms with E-state index in [0.717, 1.165) is 20.6 Å². The van der Waals surface area contributed by atoms with Crippen molar-refractivity contribution in [1.82, 2.24) is 5.32 Å². The molecule has 0 radical (unpaired) electrons. The van der Waals surface area contributed by atoms with Gasteiger partial charge in [-0.3, -0.25) is 9.59 Å². The molecule has 1 aromatic rings. The number of benzene rings is 1. The van der Waals surface area contributed by atoms with Gasteiger partial charge in [0.1, 0.15) is 0 Å². The summed E-state index contributed by atoms with van der Waals surface area (Å²) < 4.78 is 1.01. The van der Waals surface area contributed by atoms with E-state index in [1.54, 1.807) is 0 Å². The average molecular weight is 357 g/mol. The van der Waals surface area contributed by atoms with Crippen molar-refractivity contribution in [2.75, 3.05) is 25.5 Å². The van der Waals surface area contributed by atoms with Gasteiger partial charge >= 0.3 is 0 Å². The molecule has 21 heavy (non-hydrogen) atoms. The summed E-state index contributed by atoms with van der Waals surface area (Å²) in [5, 5.41) is 5.66. The van der Waals surface area contributed by atoms with E-state index in [0.29, 0.717) is 0 Å². The van der Waals surface area contributed by atoms with Crippen molar-refractivity contribution >= 4 is 33.4 Å². The first kappa shape index (κ1) is 17.7. The van der Waals surface area contributed by atoms with E-state index in [2.05, 4.69) is 26.6 Å². The average Bonchev–Trinajstić information content (AvgIpc) is 2.32. The normalized spacial score (nSPS) is 12.1. The lowest BCUT2D eigenvalue weighted by Crippen LogP contribution is -3.11. The first-order valence-corrected chi connectivity index (χ1v) is 7.74. The Kier molecular flexibility index (Phi) is 6.84. The van der Waals surface area contributed by atoms with Crippen LogP contribution in [0.25, 0.3) is 0 Å². The SMILES string of the molecule is Cc1cc(NC(=O)C[NH+](C)CC(=O)NC(C)C)ccc1Br. The maximum Gasteiger partial charge on any atom is 0.279 e. The molecule has 0 fully saturated rings. The molecular formula is C15H23BrN3O2+. The summed E-state index contributed by atoms with van der Waals surface area (Å²) in [4.78, 5) is 24.4. The van der Waals surface area contributed by atoms with Gasteiger partial charge < -0.3 is 15.5 Å². The summed E-state index contributed by atoms with van der Waals surface area (Å²) >= 11 is 3.42. The van der Waals surface area contributed by atoms with Crippen molar-refractivity contribution in [3.8, 4) is 0 Å². The highest BCUT2D eigenvalue weighted by Crippen LogP contribution is 2.19. The summed E-state index contributed by atoms with van der Waals surface area (Å²) in [7, 11) is 1.83. The maximum atomic E-state index is 11.9. The predicted molar refractivity (Wildman–Crippen MR) is 87.4 cm³/mol. The van der Waals surface area contributed by atoms with E-state index < -0.39 is 0 Å². The molecule has 0 aliphatic carbocycles. The molecule has 1 rings (SSSR count). The minimum Gasteiger partial charge on any atom is -0.349 e. The summed E-state index contributed by atoms with van der Waals surface area (Å²) in [6.07, 6.45) is 0. The van der Waals surface area contributed by atoms with Crippen LogP contribution in [0.5, 0.6) is 0 Å². The van der Waals surface area contributed by atoms with Crippen molar-refractivity contribution < 1.29 is 14.5 Å². The summed E-state index contributed by atoms with van der Waals surface area (Å²) in [5.74, 6) is -0.152. The topological polar surface area (TPSA) is 62.6 Å². The van der Waals surface area contributed by atoms with Crippen LogP contribution in [0.4, 0.5) is 5.69 Å². The molecule has 0 spiro atoms. The maximum absolute atomic E-state index is 11.9. The molecule has 0 saturated heterocycles. The monoisotopic (exact) mass is 356 g/mol. The molecule has 3 N–H and O–H groups in total. The summed E-state index contributed by atoms with van der Waals surface area (Å²) in [6.45, 7) is 6.32. The fourth-order valence-electron chi connectivity index (χ4n) is 1.91. The molecule has 6 heteroatoms. The van der Waals surface area contributed by atoms with E-state index in [9.17, 15) is 9.59 Å². The number of amides is 2. The highest BCUT2D eigenvalue weighted by atomic mass is 79.9. The molecule has 1 aromatic carbocycles. The van der Waals surface area contributed by atoms with Gasteiger partial charge in [0, 0.05) is 16.2 Å². The Morgan fingerprint density at radius 2 is 1.86 bits per heavy atom. The zero-order valence-corrected chi connectivity index (χ0v) is 14.5. The number of hydrogen-bond donors (Lipinski definition) is 3. The molecule has 0 aliphatic heterocycles. The number of halogens is 1. The van der Waals surface area contributed by atoms with Gasteiger partial charge in [-0.25, -0.2) is 0 Å². The zero-order chi connectivity index (χ0) is 16.0. The number of likely N-dealkylation sites (N-methyl/N-ethyl adjacent to an activating group) is 1. The first-order chi connectivity index (χ1) is 9.77. The number of rotatable bonds is 6. The lowest BCUT2D eigenvalue weighted by atomic mass is 10.2. The third-order valence-electron chi connectivity index (χ3n) is 2.82. The molecule has 0 bridgehead atoms. The Morgan fingerprint density at radius 3 is 2.43 bits per heavy atom. The molecule has 116 valence electrons. The van der Waals surface area contributed by atoms with Crippen LogP contribution in [-0.4, -0.2) is 38.0 Å². The molecule has 2 amide bonds. The van der Waals surface area contributed by atoms with Crippen LogP contribution in [0, 0.1) is 6.92 Å². The Labute approximate surface area is 134 Å². The largest absolute Gasteiger partial charge is 0.349 e. The fourth-order valence-corrected chi connectivity index (χ4v) is 2.16. The van der Waals surface area contributed by atoms with Crippen LogP contribution in [0.2, 0.25) is 0 Å². The van der Waals surface area contributed by atoms with Gasteiger partial charge in [-0.2, -0.15) is 0 Å². The smallest absolute Gasteiger partial charge is 0.279 e. The number of nitrogens with one attached hydrogen (secondary N) is 3. The van der Waals surface area contributed by atoms with Gasteiger partial charge in [0.25, 0.3) is 11.8 Å². The number of anilines is 1. The fraction of sp³-hybridized carbons (Fsp3) is 0.467. The number of aryl methyl sites for hydroxylation is 1. The van der Waals surface area contributed by atoms with Crippen molar-refractivity contribution in [2.24, 2.45) is 0 Å². The summed E-state index contributed by atoms with van der Waals surface area (Å²) in [6, 6.07) is 5.76. The van der Waals surface area contributed by atoms with Crippen molar-refractivity contribution in [1.29, 1.82) is 0 Å². The quantitative estimate of drug-likeness (QED) is 0.703. The van der Waals surface area contributed by atoms with Gasteiger partial charge in [-0.1, -0.05) is 15.9 Å². The van der Waals surface area contributed by atoms with Crippen LogP contribution in [0.1, 0.15) is 19.4 Å². The van der Waals surface area contributed by atoms with Gasteiger partial charge in [-0.15, -0.1) is 0 Å². The van der Waals surface area contributed by atoms with E-state index in [-0.39, 0.29) is 30.9 Å². The first-order valence-electron chi connectivity index (χ1n) is 6.94. The van der Waals surface area contributed by atoms with Gasteiger partial charge in [0.15, 0.2) is 13.1 Å². The van der Waals surface area contributed by atoms with Crippen molar-refractivity contribution in [2.45, 2.75) is 26.8 Å². The lowest BCUT2D eigenvalue weighted by Gasteiger charge is -2.15. The Bertz CT molecular complexity index is 518. The molecule has 1 atom stereocenters.